The summed E-state index contributed by atoms with van der Waals surface area (Å²) in [6, 6.07) is -1.03. The van der Waals surface area contributed by atoms with Gasteiger partial charge in [0.1, 0.15) is 17.9 Å². The van der Waals surface area contributed by atoms with Gasteiger partial charge >= 0.3 is 5.97 Å². The van der Waals surface area contributed by atoms with Crippen molar-refractivity contribution in [1.29, 1.82) is 0 Å². The Morgan fingerprint density at radius 3 is 2.15 bits per heavy atom. The van der Waals surface area contributed by atoms with E-state index < -0.39 is 59.6 Å². The van der Waals surface area contributed by atoms with Gasteiger partial charge in [-0.15, -0.1) is 0 Å². The van der Waals surface area contributed by atoms with E-state index in [0.29, 0.717) is 43.4 Å². The van der Waals surface area contributed by atoms with Crippen molar-refractivity contribution in [3.05, 3.63) is 23.3 Å². The van der Waals surface area contributed by atoms with Gasteiger partial charge in [0.05, 0.1) is 12.2 Å². The fourth-order valence-corrected chi connectivity index (χ4v) is 9.51. The summed E-state index contributed by atoms with van der Waals surface area (Å²) in [4.78, 5) is 56.9. The topological polar surface area (TPSA) is 130 Å². The molecule has 3 fully saturated rings. The number of allylic oxidation sites excluding steroid dienone is 3. The van der Waals surface area contributed by atoms with E-state index in [4.69, 9.17) is 9.47 Å². The lowest BCUT2D eigenvalue weighted by Crippen LogP contribution is -2.62. The second-order valence-corrected chi connectivity index (χ2v) is 17.8. The molecule has 4 aliphatic rings. The molecule has 14 atom stereocenters. The molecule has 0 aromatic heterocycles. The highest BCUT2D eigenvalue weighted by Crippen LogP contribution is 2.42. The number of piperidine rings is 1. The van der Waals surface area contributed by atoms with E-state index in [2.05, 4.69) is 47.6 Å². The van der Waals surface area contributed by atoms with Crippen LogP contribution in [0.4, 0.5) is 0 Å². The van der Waals surface area contributed by atoms with Gasteiger partial charge in [-0.3, -0.25) is 14.4 Å². The number of cyclic esters (lactones) is 1. The highest BCUT2D eigenvalue weighted by molar-refractivity contribution is 6.39. The van der Waals surface area contributed by atoms with Crippen LogP contribution in [0.25, 0.3) is 0 Å². The van der Waals surface area contributed by atoms with Gasteiger partial charge in [-0.05, 0) is 112 Å². The third-order valence-electron chi connectivity index (χ3n) is 13.7. The first-order valence-electron chi connectivity index (χ1n) is 21.4. The van der Waals surface area contributed by atoms with Crippen LogP contribution < -0.4 is 0 Å². The number of carbonyl (C=O) groups excluding carboxylic acids is 4. The van der Waals surface area contributed by atoms with Crippen LogP contribution in [-0.4, -0.2) is 75.2 Å². The fraction of sp³-hybridized carbons (Fsp3) is 0.822. The number of nitrogens with zero attached hydrogens (tertiary/aromatic N) is 1. The van der Waals surface area contributed by atoms with Gasteiger partial charge in [-0.2, -0.15) is 0 Å². The van der Waals surface area contributed by atoms with E-state index in [1.54, 1.807) is 6.92 Å². The molecule has 2 unspecified atom stereocenters. The molecule has 2 saturated heterocycles. The summed E-state index contributed by atoms with van der Waals surface area (Å²) in [6.45, 7) is 24.7. The first kappa shape index (κ1) is 46.0. The summed E-state index contributed by atoms with van der Waals surface area (Å²) in [7, 11) is 0. The molecule has 2 N–H and O–H groups in total. The van der Waals surface area contributed by atoms with Crippen LogP contribution in [0.5, 0.6) is 0 Å². The molecule has 0 radical (unpaired) electrons. The van der Waals surface area contributed by atoms with Crippen LogP contribution in [0.1, 0.15) is 147 Å². The molecular formula is C45H75NO8. The number of ketones is 2. The smallest absolute Gasteiger partial charge is 0.329 e. The SMILES string of the molecule is C/C1=C\CC(=O)C[C@H](O)[C@@H](C)[C@@H](/C(C)=C/[C@@H]2CC[C@@H](C)[C@H](C)C2)OC(=O)C2CCCCN2C(=O)C(=O)[C@]2(O)O[C@H]([C@@H](C)C[C@@H](C)C1C)[C@@H](C)C[C@H]2C.CC. The number of hydrogen-bond acceptors (Lipinski definition) is 8. The predicted molar refractivity (Wildman–Crippen MR) is 213 cm³/mol. The highest BCUT2D eigenvalue weighted by Gasteiger charge is 2.55. The van der Waals surface area contributed by atoms with E-state index in [1.807, 2.05) is 40.7 Å². The number of rotatable bonds is 2. The Morgan fingerprint density at radius 2 is 1.50 bits per heavy atom. The van der Waals surface area contributed by atoms with Crippen molar-refractivity contribution in [2.24, 2.45) is 53.3 Å². The molecule has 3 aliphatic heterocycles. The summed E-state index contributed by atoms with van der Waals surface area (Å²) >= 11 is 0. The van der Waals surface area contributed by atoms with E-state index in [9.17, 15) is 29.4 Å². The lowest BCUT2D eigenvalue weighted by Gasteiger charge is -2.47. The number of ether oxygens (including phenoxy) is 2. The number of esters is 1. The Balaban J connectivity index is 0.00000385. The van der Waals surface area contributed by atoms with Gasteiger partial charge in [0.2, 0.25) is 5.79 Å². The monoisotopic (exact) mass is 758 g/mol. The van der Waals surface area contributed by atoms with Crippen molar-refractivity contribution >= 4 is 23.4 Å². The molecule has 0 aromatic carbocycles. The lowest BCUT2D eigenvalue weighted by atomic mass is 9.74. The molecule has 1 aliphatic carbocycles. The number of carbonyl (C=O) groups is 4. The van der Waals surface area contributed by atoms with Gasteiger partial charge in [0.15, 0.2) is 0 Å². The summed E-state index contributed by atoms with van der Waals surface area (Å²) in [5.41, 5.74) is 1.90. The predicted octanol–water partition coefficient (Wildman–Crippen LogP) is 8.25. The minimum Gasteiger partial charge on any atom is -0.456 e. The average molecular weight is 758 g/mol. The number of hydrogen-bond donors (Lipinski definition) is 2. The first-order valence-corrected chi connectivity index (χ1v) is 21.4. The minimum atomic E-state index is -2.31. The van der Waals surface area contributed by atoms with Gasteiger partial charge in [-0.25, -0.2) is 4.79 Å². The largest absolute Gasteiger partial charge is 0.456 e. The van der Waals surface area contributed by atoms with Gasteiger partial charge in [0.25, 0.3) is 11.7 Å². The Bertz CT molecular complexity index is 1360. The minimum absolute atomic E-state index is 0.0271. The Kier molecular flexibility index (Phi) is 17.2. The normalized spacial score (nSPS) is 42.3. The molecule has 9 heteroatoms. The van der Waals surface area contributed by atoms with Crippen LogP contribution in [0.2, 0.25) is 0 Å². The van der Waals surface area contributed by atoms with Crippen LogP contribution in [0.3, 0.4) is 0 Å². The third kappa shape index (κ3) is 10.9. The Morgan fingerprint density at radius 1 is 0.852 bits per heavy atom. The molecule has 9 nitrogen and oxygen atoms in total. The zero-order valence-electron chi connectivity index (χ0n) is 35.7. The lowest BCUT2D eigenvalue weighted by molar-refractivity contribution is -0.282. The number of aliphatic hydroxyl groups is 2. The molecule has 0 aromatic rings. The molecular weight excluding hydrogens is 682 g/mol. The summed E-state index contributed by atoms with van der Waals surface area (Å²) < 4.78 is 12.6. The zero-order valence-corrected chi connectivity index (χ0v) is 35.7. The van der Waals surface area contributed by atoms with Gasteiger partial charge in [0, 0.05) is 31.2 Å². The van der Waals surface area contributed by atoms with Crippen molar-refractivity contribution in [3.8, 4) is 0 Å². The van der Waals surface area contributed by atoms with Gasteiger partial charge < -0.3 is 24.6 Å². The quantitative estimate of drug-likeness (QED) is 0.164. The maximum absolute atomic E-state index is 14.2. The summed E-state index contributed by atoms with van der Waals surface area (Å²) in [6.07, 6.45) is 7.93. The van der Waals surface area contributed by atoms with E-state index in [0.717, 1.165) is 36.8 Å². The molecule has 3 heterocycles. The molecule has 308 valence electrons. The molecule has 1 saturated carbocycles. The standard InChI is InChI=1S/C43H69NO8.C2H6/c1-24-14-16-34(21-26(24)3)22-30(7)39-33(10)37(46)23-35(45)17-15-25(2)32(9)27(4)19-28(5)38-29(6)20-31(8)43(50,52-38)40(47)41(48)44-18-12-11-13-36(44)42(49)51-39;1-2/h15,22,24,26-29,31-34,36-39,46,50H,11-14,16-21,23H2,1-10H3;1-2H3/b25-15+,30-22+;/t24-,26-,27-,28+,29+,31-,32?,33-,34-,36?,37+,38-,39-,43-;/m1./s1. The fourth-order valence-electron chi connectivity index (χ4n) is 9.51. The summed E-state index contributed by atoms with van der Waals surface area (Å²) in [5.74, 6) is -4.34. The number of aliphatic hydroxyl groups excluding tert-OH is 1. The van der Waals surface area contributed by atoms with Crippen molar-refractivity contribution in [2.45, 2.75) is 177 Å². The first-order chi connectivity index (χ1) is 25.3. The molecule has 0 spiro atoms. The second-order valence-electron chi connectivity index (χ2n) is 17.8. The Labute approximate surface area is 327 Å². The van der Waals surface area contributed by atoms with E-state index in [-0.39, 0.29) is 48.8 Å². The van der Waals surface area contributed by atoms with Gasteiger partial charge in [-0.1, -0.05) is 87.0 Å². The third-order valence-corrected chi connectivity index (χ3v) is 13.7. The van der Waals surface area contributed by atoms with Crippen LogP contribution >= 0.6 is 0 Å². The van der Waals surface area contributed by atoms with Crippen molar-refractivity contribution in [2.75, 3.05) is 6.54 Å². The molecule has 54 heavy (non-hydrogen) atoms. The average Bonchev–Trinajstić information content (AvgIpc) is 3.14. The summed E-state index contributed by atoms with van der Waals surface area (Å²) in [5, 5.41) is 23.4. The van der Waals surface area contributed by atoms with Crippen LogP contribution in [-0.2, 0) is 28.7 Å². The molecule has 4 rings (SSSR count). The maximum atomic E-state index is 14.2. The van der Waals surface area contributed by atoms with Crippen molar-refractivity contribution in [3.63, 3.8) is 0 Å². The molecule has 2 bridgehead atoms. The Hall–Kier alpha value is -2.36. The van der Waals surface area contributed by atoms with E-state index in [1.165, 1.54) is 4.90 Å². The number of fused-ring (bicyclic) bond motifs is 3. The zero-order chi connectivity index (χ0) is 40.7. The molecule has 1 amide bonds. The maximum Gasteiger partial charge on any atom is 0.329 e. The van der Waals surface area contributed by atoms with Crippen LogP contribution in [0, 0.1) is 53.3 Å². The van der Waals surface area contributed by atoms with Crippen molar-refractivity contribution in [1.82, 2.24) is 4.90 Å². The second kappa shape index (κ2) is 20.2. The number of Topliss-reactive ketones (excluding diaryl/α,β-unsaturated/α-hetero) is 2. The van der Waals surface area contributed by atoms with Crippen LogP contribution in [0.15, 0.2) is 23.3 Å². The number of amides is 1. The van der Waals surface area contributed by atoms with Crippen molar-refractivity contribution < 1.29 is 38.9 Å². The highest BCUT2D eigenvalue weighted by atomic mass is 16.6. The van der Waals surface area contributed by atoms with E-state index >= 15 is 0 Å².